The molecule has 0 unspecified atom stereocenters. The van der Waals surface area contributed by atoms with E-state index in [1.54, 1.807) is 17.4 Å². The Morgan fingerprint density at radius 3 is 2.42 bits per heavy atom. The fraction of sp³-hybridized carbons (Fsp3) is 0.188. The Bertz CT molecular complexity index is 748. The predicted molar refractivity (Wildman–Crippen MR) is 90.0 cm³/mol. The smallest absolute Gasteiger partial charge is 0.456 e. The lowest BCUT2D eigenvalue weighted by molar-refractivity contribution is -0.167. The van der Waals surface area contributed by atoms with Gasteiger partial charge in [-0.1, -0.05) is 45.2 Å². The van der Waals surface area contributed by atoms with Crippen LogP contribution < -0.4 is 10.1 Å². The summed E-state index contributed by atoms with van der Waals surface area (Å²) in [4.78, 5) is 11.1. The first-order chi connectivity index (χ1) is 11.2. The van der Waals surface area contributed by atoms with Crippen molar-refractivity contribution in [2.75, 3.05) is 5.32 Å². The van der Waals surface area contributed by atoms with Gasteiger partial charge in [0.15, 0.2) is 0 Å². The molecule has 8 heteroatoms. The minimum Gasteiger partial charge on any atom is -0.456 e. The van der Waals surface area contributed by atoms with Crippen molar-refractivity contribution in [2.24, 2.45) is 0 Å². The molecule has 0 fully saturated rings. The molecule has 1 N–H and O–H groups in total. The van der Waals surface area contributed by atoms with Crippen molar-refractivity contribution in [3.05, 3.63) is 52.5 Å². The molecule has 0 bridgehead atoms. The van der Waals surface area contributed by atoms with Crippen LogP contribution in [0.15, 0.2) is 36.4 Å². The maximum atomic E-state index is 12.4. The summed E-state index contributed by atoms with van der Waals surface area (Å²) in [5, 5.41) is 2.10. The van der Waals surface area contributed by atoms with E-state index in [1.165, 1.54) is 12.1 Å². The summed E-state index contributed by atoms with van der Waals surface area (Å²) in [6.07, 6.45) is -4.98. The van der Waals surface area contributed by atoms with Crippen LogP contribution in [-0.4, -0.2) is 12.1 Å². The van der Waals surface area contributed by atoms with E-state index in [-0.39, 0.29) is 21.8 Å². The van der Waals surface area contributed by atoms with Crippen LogP contribution in [0, 0.1) is 6.92 Å². The molecule has 0 radical (unpaired) electrons. The number of carbonyl (C=O) groups excluding carboxylic acids is 1. The molecule has 1 amide bonds. The molecule has 24 heavy (non-hydrogen) atoms. The molecule has 0 aromatic heterocycles. The molecular weight excluding hydrogens is 411 g/mol. The van der Waals surface area contributed by atoms with E-state index >= 15 is 0 Å². The predicted octanol–water partition coefficient (Wildman–Crippen LogP) is 5.84. The number of amides is 1. The van der Waals surface area contributed by atoms with E-state index in [0.29, 0.717) is 11.3 Å². The Balaban J connectivity index is 2.29. The number of anilines is 1. The second kappa shape index (κ2) is 7.44. The standard InChI is InChI=1S/C16H12BrClF3NO2/c1-9-2-4-11(5-3-9)24-14-6-10(8-17)13(7-12(14)18)22-15(23)16(19,20)21/h2-7H,8H2,1H3,(H,22,23). The first kappa shape index (κ1) is 18.6. The largest absolute Gasteiger partial charge is 0.471 e. The Labute approximate surface area is 149 Å². The van der Waals surface area contributed by atoms with E-state index < -0.39 is 12.1 Å². The first-order valence-corrected chi connectivity index (χ1v) is 8.21. The van der Waals surface area contributed by atoms with E-state index in [9.17, 15) is 18.0 Å². The van der Waals surface area contributed by atoms with Gasteiger partial charge in [0, 0.05) is 11.0 Å². The molecule has 0 aliphatic rings. The number of benzene rings is 2. The highest BCUT2D eigenvalue weighted by molar-refractivity contribution is 9.08. The average Bonchev–Trinajstić information content (AvgIpc) is 2.51. The van der Waals surface area contributed by atoms with Gasteiger partial charge in [-0.05, 0) is 36.8 Å². The molecule has 0 spiro atoms. The number of rotatable bonds is 4. The van der Waals surface area contributed by atoms with Gasteiger partial charge in [-0.25, -0.2) is 0 Å². The lowest BCUT2D eigenvalue weighted by Crippen LogP contribution is -2.30. The summed E-state index contributed by atoms with van der Waals surface area (Å²) in [6, 6.07) is 9.91. The minimum absolute atomic E-state index is 0.0320. The Kier molecular flexibility index (Phi) is 5.77. The van der Waals surface area contributed by atoms with Gasteiger partial charge in [-0.3, -0.25) is 4.79 Å². The fourth-order valence-corrected chi connectivity index (χ4v) is 2.49. The van der Waals surface area contributed by atoms with E-state index in [4.69, 9.17) is 16.3 Å². The average molecular weight is 423 g/mol. The second-order valence-electron chi connectivity index (χ2n) is 4.94. The molecule has 0 saturated heterocycles. The number of nitrogens with one attached hydrogen (secondary N) is 1. The molecule has 0 atom stereocenters. The van der Waals surface area contributed by atoms with Crippen LogP contribution >= 0.6 is 27.5 Å². The van der Waals surface area contributed by atoms with Crippen LogP contribution in [0.5, 0.6) is 11.5 Å². The molecule has 0 aliphatic heterocycles. The zero-order valence-corrected chi connectivity index (χ0v) is 14.7. The van der Waals surface area contributed by atoms with Gasteiger partial charge >= 0.3 is 12.1 Å². The third kappa shape index (κ3) is 4.64. The van der Waals surface area contributed by atoms with Gasteiger partial charge in [0.1, 0.15) is 11.5 Å². The van der Waals surface area contributed by atoms with Gasteiger partial charge < -0.3 is 10.1 Å². The molecular formula is C16H12BrClF3NO2. The van der Waals surface area contributed by atoms with Gasteiger partial charge in [0.05, 0.1) is 5.02 Å². The SMILES string of the molecule is Cc1ccc(Oc2cc(CBr)c(NC(=O)C(F)(F)F)cc2Cl)cc1. The third-order valence-electron chi connectivity index (χ3n) is 3.06. The molecule has 3 nitrogen and oxygen atoms in total. The molecule has 2 aromatic rings. The monoisotopic (exact) mass is 421 g/mol. The van der Waals surface area contributed by atoms with Gasteiger partial charge in [0.2, 0.25) is 0 Å². The molecule has 128 valence electrons. The van der Waals surface area contributed by atoms with Crippen LogP contribution in [0.3, 0.4) is 0 Å². The number of carbonyl (C=O) groups is 1. The number of hydrogen-bond donors (Lipinski definition) is 1. The van der Waals surface area contributed by atoms with Crippen molar-refractivity contribution in [1.29, 1.82) is 0 Å². The van der Waals surface area contributed by atoms with Crippen molar-refractivity contribution >= 4 is 39.1 Å². The number of halogens is 5. The molecule has 0 heterocycles. The Hall–Kier alpha value is -1.73. The maximum absolute atomic E-state index is 12.4. The van der Waals surface area contributed by atoms with E-state index in [2.05, 4.69) is 15.9 Å². The molecule has 0 aliphatic carbocycles. The highest BCUT2D eigenvalue weighted by Gasteiger charge is 2.39. The maximum Gasteiger partial charge on any atom is 0.471 e. The van der Waals surface area contributed by atoms with Crippen molar-refractivity contribution in [1.82, 2.24) is 0 Å². The number of ether oxygens (including phenoxy) is 1. The summed E-state index contributed by atoms with van der Waals surface area (Å²) >= 11 is 9.24. The molecule has 2 aromatic carbocycles. The highest BCUT2D eigenvalue weighted by Crippen LogP contribution is 2.36. The van der Waals surface area contributed by atoms with Crippen LogP contribution in [0.2, 0.25) is 5.02 Å². The van der Waals surface area contributed by atoms with Crippen molar-refractivity contribution < 1.29 is 22.7 Å². The number of hydrogen-bond acceptors (Lipinski definition) is 2. The highest BCUT2D eigenvalue weighted by atomic mass is 79.9. The summed E-state index contributed by atoms with van der Waals surface area (Å²) in [5.74, 6) is -1.25. The number of alkyl halides is 4. The lowest BCUT2D eigenvalue weighted by Gasteiger charge is -2.15. The van der Waals surface area contributed by atoms with Crippen LogP contribution in [0.25, 0.3) is 0 Å². The second-order valence-corrected chi connectivity index (χ2v) is 5.91. The van der Waals surface area contributed by atoms with E-state index in [0.717, 1.165) is 5.56 Å². The van der Waals surface area contributed by atoms with Crippen LogP contribution in [0.4, 0.5) is 18.9 Å². The fourth-order valence-electron chi connectivity index (χ4n) is 1.83. The normalized spacial score (nSPS) is 11.2. The summed E-state index contributed by atoms with van der Waals surface area (Å²) in [6.45, 7) is 1.93. The topological polar surface area (TPSA) is 38.3 Å². The molecule has 2 rings (SSSR count). The van der Waals surface area contributed by atoms with Crippen molar-refractivity contribution in [3.8, 4) is 11.5 Å². The van der Waals surface area contributed by atoms with E-state index in [1.807, 2.05) is 19.1 Å². The summed E-state index contributed by atoms with van der Waals surface area (Å²) in [7, 11) is 0. The first-order valence-electron chi connectivity index (χ1n) is 6.72. The summed E-state index contributed by atoms with van der Waals surface area (Å²) in [5.41, 5.74) is 1.43. The minimum atomic E-state index is -4.98. The quantitative estimate of drug-likeness (QED) is 0.629. The third-order valence-corrected chi connectivity index (χ3v) is 3.96. The van der Waals surface area contributed by atoms with Gasteiger partial charge in [-0.15, -0.1) is 0 Å². The van der Waals surface area contributed by atoms with Crippen LogP contribution in [-0.2, 0) is 10.1 Å². The zero-order valence-electron chi connectivity index (χ0n) is 12.4. The molecule has 0 saturated carbocycles. The Morgan fingerprint density at radius 1 is 1.25 bits per heavy atom. The van der Waals surface area contributed by atoms with Gasteiger partial charge in [0.25, 0.3) is 0 Å². The number of aryl methyl sites for hydroxylation is 1. The van der Waals surface area contributed by atoms with Crippen molar-refractivity contribution in [2.45, 2.75) is 18.4 Å². The van der Waals surface area contributed by atoms with Crippen LogP contribution in [0.1, 0.15) is 11.1 Å². The Morgan fingerprint density at radius 2 is 1.88 bits per heavy atom. The van der Waals surface area contributed by atoms with Crippen molar-refractivity contribution in [3.63, 3.8) is 0 Å². The lowest BCUT2D eigenvalue weighted by atomic mass is 10.2. The van der Waals surface area contributed by atoms with Gasteiger partial charge in [-0.2, -0.15) is 13.2 Å². The summed E-state index contributed by atoms with van der Waals surface area (Å²) < 4.78 is 42.8. The zero-order chi connectivity index (χ0) is 17.9.